The first-order valence-corrected chi connectivity index (χ1v) is 5.96. The molecule has 1 nitrogen and oxygen atoms in total. The van der Waals surface area contributed by atoms with Crippen LogP contribution in [0.15, 0.2) is 23.8 Å². The van der Waals surface area contributed by atoms with E-state index in [0.717, 1.165) is 6.54 Å². The van der Waals surface area contributed by atoms with Crippen LogP contribution in [0.4, 0.5) is 0 Å². The van der Waals surface area contributed by atoms with E-state index in [4.69, 9.17) is 0 Å². The van der Waals surface area contributed by atoms with Gasteiger partial charge in [0, 0.05) is 12.6 Å². The highest BCUT2D eigenvalue weighted by molar-refractivity contribution is 5.54. The molecule has 0 saturated carbocycles. The molecule has 0 amide bonds. The van der Waals surface area contributed by atoms with Crippen molar-refractivity contribution in [3.63, 3.8) is 0 Å². The van der Waals surface area contributed by atoms with Gasteiger partial charge in [-0.1, -0.05) is 54.8 Å². The van der Waals surface area contributed by atoms with E-state index in [0.29, 0.717) is 6.04 Å². The molecule has 0 heterocycles. The summed E-state index contributed by atoms with van der Waals surface area (Å²) in [5.41, 5.74) is 5.34. The summed E-state index contributed by atoms with van der Waals surface area (Å²) in [6.45, 7) is 11.8. The second-order valence-electron chi connectivity index (χ2n) is 4.95. The lowest BCUT2D eigenvalue weighted by molar-refractivity contribution is 0.623. The van der Waals surface area contributed by atoms with E-state index in [1.165, 1.54) is 22.3 Å². The fourth-order valence-electron chi connectivity index (χ4n) is 1.79. The summed E-state index contributed by atoms with van der Waals surface area (Å²) >= 11 is 0. The van der Waals surface area contributed by atoms with E-state index >= 15 is 0 Å². The summed E-state index contributed by atoms with van der Waals surface area (Å²) in [6, 6.07) is 7.21. The summed E-state index contributed by atoms with van der Waals surface area (Å²) < 4.78 is 0. The Morgan fingerprint density at radius 1 is 1.19 bits per heavy atom. The van der Waals surface area contributed by atoms with Gasteiger partial charge < -0.3 is 5.32 Å². The molecule has 1 aromatic carbocycles. The van der Waals surface area contributed by atoms with Gasteiger partial charge in [0.05, 0.1) is 0 Å². The number of aryl methyl sites for hydroxylation is 2. The van der Waals surface area contributed by atoms with E-state index in [2.05, 4.69) is 64.2 Å². The SMILES string of the molecule is CC(=Cc1cc(C)cc(C)c1)CNC(C)C. The van der Waals surface area contributed by atoms with Crippen molar-refractivity contribution in [3.8, 4) is 0 Å². The number of hydrogen-bond donors (Lipinski definition) is 1. The Morgan fingerprint density at radius 2 is 1.75 bits per heavy atom. The van der Waals surface area contributed by atoms with Gasteiger partial charge in [-0.15, -0.1) is 0 Å². The molecule has 0 unspecified atom stereocenters. The first kappa shape index (κ1) is 13.0. The molecule has 1 rings (SSSR count). The summed E-state index contributed by atoms with van der Waals surface area (Å²) in [5, 5.41) is 3.43. The molecular formula is C15H23N. The zero-order chi connectivity index (χ0) is 12.1. The van der Waals surface area contributed by atoms with Crippen LogP contribution >= 0.6 is 0 Å². The summed E-state index contributed by atoms with van der Waals surface area (Å²) in [5.74, 6) is 0. The maximum absolute atomic E-state index is 3.43. The van der Waals surface area contributed by atoms with Gasteiger partial charge in [0.1, 0.15) is 0 Å². The second-order valence-corrected chi connectivity index (χ2v) is 4.95. The third-order valence-electron chi connectivity index (χ3n) is 2.45. The Bertz CT molecular complexity index is 355. The molecule has 0 radical (unpaired) electrons. The van der Waals surface area contributed by atoms with Crippen molar-refractivity contribution < 1.29 is 0 Å². The average Bonchev–Trinajstić information content (AvgIpc) is 2.12. The number of rotatable bonds is 4. The maximum Gasteiger partial charge on any atom is 0.0167 e. The van der Waals surface area contributed by atoms with E-state index in [1.807, 2.05) is 0 Å². The van der Waals surface area contributed by atoms with Gasteiger partial charge in [-0.25, -0.2) is 0 Å². The molecule has 0 aromatic heterocycles. The molecule has 88 valence electrons. The Balaban J connectivity index is 2.73. The zero-order valence-corrected chi connectivity index (χ0v) is 11.1. The Morgan fingerprint density at radius 3 is 2.25 bits per heavy atom. The van der Waals surface area contributed by atoms with Gasteiger partial charge in [-0.2, -0.15) is 0 Å². The molecule has 16 heavy (non-hydrogen) atoms. The van der Waals surface area contributed by atoms with Gasteiger partial charge in [0.2, 0.25) is 0 Å². The van der Waals surface area contributed by atoms with Crippen LogP contribution in [0.2, 0.25) is 0 Å². The molecule has 0 atom stereocenters. The van der Waals surface area contributed by atoms with Gasteiger partial charge in [0.15, 0.2) is 0 Å². The molecule has 1 N–H and O–H groups in total. The van der Waals surface area contributed by atoms with Crippen LogP contribution in [0, 0.1) is 13.8 Å². The summed E-state index contributed by atoms with van der Waals surface area (Å²) in [7, 11) is 0. The Labute approximate surface area is 99.6 Å². The lowest BCUT2D eigenvalue weighted by atomic mass is 10.1. The van der Waals surface area contributed by atoms with E-state index in [1.54, 1.807) is 0 Å². The minimum absolute atomic E-state index is 0.544. The van der Waals surface area contributed by atoms with Crippen LogP contribution in [-0.2, 0) is 0 Å². The van der Waals surface area contributed by atoms with Crippen LogP contribution in [-0.4, -0.2) is 12.6 Å². The van der Waals surface area contributed by atoms with Gasteiger partial charge in [-0.05, 0) is 26.3 Å². The minimum Gasteiger partial charge on any atom is -0.311 e. The first-order chi connectivity index (χ1) is 7.47. The van der Waals surface area contributed by atoms with Crippen LogP contribution in [0.1, 0.15) is 37.5 Å². The highest BCUT2D eigenvalue weighted by atomic mass is 14.9. The highest BCUT2D eigenvalue weighted by Gasteiger charge is 1.96. The van der Waals surface area contributed by atoms with Crippen LogP contribution in [0.3, 0.4) is 0 Å². The van der Waals surface area contributed by atoms with Crippen molar-refractivity contribution in [3.05, 3.63) is 40.5 Å². The Hall–Kier alpha value is -1.08. The van der Waals surface area contributed by atoms with Crippen molar-refractivity contribution >= 4 is 6.08 Å². The Kier molecular flexibility index (Phi) is 4.75. The zero-order valence-electron chi connectivity index (χ0n) is 11.1. The highest BCUT2D eigenvalue weighted by Crippen LogP contribution is 2.12. The van der Waals surface area contributed by atoms with E-state index < -0.39 is 0 Å². The van der Waals surface area contributed by atoms with Crippen molar-refractivity contribution in [1.82, 2.24) is 5.32 Å². The average molecular weight is 217 g/mol. The van der Waals surface area contributed by atoms with Crippen LogP contribution in [0.5, 0.6) is 0 Å². The maximum atomic E-state index is 3.43. The topological polar surface area (TPSA) is 12.0 Å². The third-order valence-corrected chi connectivity index (χ3v) is 2.45. The quantitative estimate of drug-likeness (QED) is 0.810. The summed E-state index contributed by atoms with van der Waals surface area (Å²) in [6.07, 6.45) is 2.26. The standard InChI is InChI=1S/C15H23N/c1-11(2)16-10-14(5)9-15-7-12(3)6-13(4)8-15/h6-9,11,16H,10H2,1-5H3. The predicted octanol–water partition coefficient (Wildman–Crippen LogP) is 3.70. The van der Waals surface area contributed by atoms with Gasteiger partial charge in [-0.3, -0.25) is 0 Å². The third kappa shape index (κ3) is 4.63. The smallest absolute Gasteiger partial charge is 0.0167 e. The van der Waals surface area contributed by atoms with E-state index in [-0.39, 0.29) is 0 Å². The van der Waals surface area contributed by atoms with Crippen molar-refractivity contribution in [2.75, 3.05) is 6.54 Å². The van der Waals surface area contributed by atoms with Crippen molar-refractivity contribution in [2.24, 2.45) is 0 Å². The monoisotopic (exact) mass is 217 g/mol. The van der Waals surface area contributed by atoms with Crippen LogP contribution in [0.25, 0.3) is 6.08 Å². The molecule has 0 aliphatic heterocycles. The normalized spacial score (nSPS) is 12.2. The molecular weight excluding hydrogens is 194 g/mol. The van der Waals surface area contributed by atoms with Crippen molar-refractivity contribution in [2.45, 2.75) is 40.7 Å². The summed E-state index contributed by atoms with van der Waals surface area (Å²) in [4.78, 5) is 0. The fraction of sp³-hybridized carbons (Fsp3) is 0.467. The second kappa shape index (κ2) is 5.86. The number of nitrogens with one attached hydrogen (secondary N) is 1. The fourth-order valence-corrected chi connectivity index (χ4v) is 1.79. The van der Waals surface area contributed by atoms with Gasteiger partial charge in [0.25, 0.3) is 0 Å². The number of benzene rings is 1. The molecule has 0 aliphatic carbocycles. The largest absolute Gasteiger partial charge is 0.311 e. The lowest BCUT2D eigenvalue weighted by Gasteiger charge is -2.08. The molecule has 1 heteroatoms. The molecule has 0 bridgehead atoms. The molecule has 0 saturated heterocycles. The van der Waals surface area contributed by atoms with E-state index in [9.17, 15) is 0 Å². The van der Waals surface area contributed by atoms with Gasteiger partial charge >= 0.3 is 0 Å². The van der Waals surface area contributed by atoms with Crippen LogP contribution < -0.4 is 5.32 Å². The van der Waals surface area contributed by atoms with Crippen molar-refractivity contribution in [1.29, 1.82) is 0 Å². The first-order valence-electron chi connectivity index (χ1n) is 5.96. The lowest BCUT2D eigenvalue weighted by Crippen LogP contribution is -2.24. The molecule has 1 aromatic rings. The number of hydrogen-bond acceptors (Lipinski definition) is 1. The predicted molar refractivity (Wildman–Crippen MR) is 72.7 cm³/mol. The molecule has 0 aliphatic rings. The molecule has 0 fully saturated rings. The minimum atomic E-state index is 0.544. The molecule has 0 spiro atoms.